The first kappa shape index (κ1) is 23.1. The van der Waals surface area contributed by atoms with Crippen molar-refractivity contribution < 1.29 is 0 Å². The Morgan fingerprint density at radius 3 is 2.28 bits per heavy atom. The summed E-state index contributed by atoms with van der Waals surface area (Å²) in [6, 6.07) is 0. The fourth-order valence-corrected chi connectivity index (χ4v) is 7.86. The maximum absolute atomic E-state index is 4.81. The van der Waals surface area contributed by atoms with E-state index in [0.29, 0.717) is 16.2 Å². The van der Waals surface area contributed by atoms with Crippen molar-refractivity contribution in [3.05, 3.63) is 23.3 Å². The van der Waals surface area contributed by atoms with Crippen LogP contribution in [0.15, 0.2) is 23.3 Å². The molecule has 3 rings (SSSR count). The summed E-state index contributed by atoms with van der Waals surface area (Å²) in [5.74, 6) is 3.22. The van der Waals surface area contributed by atoms with Crippen LogP contribution in [0, 0.1) is 39.9 Å². The van der Waals surface area contributed by atoms with Gasteiger partial charge in [0, 0.05) is 0 Å². The van der Waals surface area contributed by atoms with Gasteiger partial charge in [-0.25, -0.2) is 0 Å². The highest BCUT2D eigenvalue weighted by atomic mass is 14.6. The molecule has 0 aliphatic heterocycles. The molecule has 166 valence electrons. The first-order valence-electron chi connectivity index (χ1n) is 12.9. The van der Waals surface area contributed by atoms with Crippen molar-refractivity contribution >= 4 is 0 Å². The van der Waals surface area contributed by atoms with Gasteiger partial charge in [-0.1, -0.05) is 93.2 Å². The largest absolute Gasteiger partial charge is 0.0950 e. The van der Waals surface area contributed by atoms with Crippen LogP contribution < -0.4 is 0 Å². The molecule has 0 heterocycles. The summed E-state index contributed by atoms with van der Waals surface area (Å²) in [6.45, 7) is 24.8. The van der Waals surface area contributed by atoms with Gasteiger partial charge in [0.15, 0.2) is 0 Å². The van der Waals surface area contributed by atoms with Crippen LogP contribution in [0.1, 0.15) is 120 Å². The highest BCUT2D eigenvalue weighted by molar-refractivity contribution is 5.46. The summed E-state index contributed by atoms with van der Waals surface area (Å²) in [4.78, 5) is 0. The van der Waals surface area contributed by atoms with E-state index in [1.165, 1.54) is 69.8 Å². The minimum atomic E-state index is 0.295. The molecule has 0 aromatic heterocycles. The summed E-state index contributed by atoms with van der Waals surface area (Å²) < 4.78 is 0. The fraction of sp³-hybridized carbons (Fsp3) is 0.862. The smallest absolute Gasteiger partial charge is 0.00472 e. The molecule has 29 heavy (non-hydrogen) atoms. The first-order valence-corrected chi connectivity index (χ1v) is 12.9. The van der Waals surface area contributed by atoms with Gasteiger partial charge in [-0.05, 0) is 89.6 Å². The average molecular weight is 399 g/mol. The number of fused-ring (bicyclic) bond motifs is 2. The van der Waals surface area contributed by atoms with Crippen molar-refractivity contribution in [1.82, 2.24) is 0 Å². The zero-order valence-corrected chi connectivity index (χ0v) is 21.1. The molecule has 0 radical (unpaired) electrons. The summed E-state index contributed by atoms with van der Waals surface area (Å²) in [5.41, 5.74) is 6.33. The summed E-state index contributed by atoms with van der Waals surface area (Å²) in [7, 11) is 0. The molecule has 0 bridgehead atoms. The van der Waals surface area contributed by atoms with Crippen LogP contribution in [0.3, 0.4) is 0 Å². The highest BCUT2D eigenvalue weighted by Crippen LogP contribution is 2.64. The topological polar surface area (TPSA) is 0 Å². The molecule has 1 saturated carbocycles. The lowest BCUT2D eigenvalue weighted by Gasteiger charge is -2.58. The molecule has 0 aromatic carbocycles. The third-order valence-corrected chi connectivity index (χ3v) is 10.2. The normalized spacial score (nSPS) is 36.6. The second-order valence-corrected chi connectivity index (χ2v) is 12.8. The molecule has 5 atom stereocenters. The predicted molar refractivity (Wildman–Crippen MR) is 129 cm³/mol. The maximum Gasteiger partial charge on any atom is -0.00472 e. The van der Waals surface area contributed by atoms with E-state index in [0.717, 1.165) is 23.7 Å². The summed E-state index contributed by atoms with van der Waals surface area (Å²) >= 11 is 0. The van der Waals surface area contributed by atoms with Crippen molar-refractivity contribution in [2.75, 3.05) is 0 Å². The summed E-state index contributed by atoms with van der Waals surface area (Å²) in [6.07, 6.45) is 13.7. The van der Waals surface area contributed by atoms with E-state index in [4.69, 9.17) is 6.58 Å². The zero-order valence-electron chi connectivity index (χ0n) is 21.1. The van der Waals surface area contributed by atoms with Crippen LogP contribution in [0.2, 0.25) is 0 Å². The molecule has 0 N–H and O–H groups in total. The molecule has 3 aliphatic carbocycles. The van der Waals surface area contributed by atoms with Crippen LogP contribution in [0.25, 0.3) is 0 Å². The lowest BCUT2D eigenvalue weighted by Crippen LogP contribution is -2.48. The minimum Gasteiger partial charge on any atom is -0.0950 e. The van der Waals surface area contributed by atoms with Gasteiger partial charge in [-0.15, -0.1) is 0 Å². The van der Waals surface area contributed by atoms with Gasteiger partial charge >= 0.3 is 0 Å². The Kier molecular flexibility index (Phi) is 6.54. The van der Waals surface area contributed by atoms with Crippen LogP contribution in [-0.2, 0) is 0 Å². The van der Waals surface area contributed by atoms with Gasteiger partial charge in [-0.3, -0.25) is 0 Å². The molecule has 0 spiro atoms. The second kappa shape index (κ2) is 8.20. The summed E-state index contributed by atoms with van der Waals surface area (Å²) in [5, 5.41) is 0. The molecule has 1 fully saturated rings. The molecule has 0 aromatic rings. The molecule has 0 saturated heterocycles. The predicted octanol–water partition coefficient (Wildman–Crippen LogP) is 9.36. The van der Waals surface area contributed by atoms with E-state index in [1.54, 1.807) is 5.57 Å². The van der Waals surface area contributed by atoms with Gasteiger partial charge in [0.1, 0.15) is 0 Å². The average Bonchev–Trinajstić information content (AvgIpc) is 2.63. The quantitative estimate of drug-likeness (QED) is 0.418. The highest BCUT2D eigenvalue weighted by Gasteiger charge is 2.53. The van der Waals surface area contributed by atoms with Gasteiger partial charge in [0.2, 0.25) is 0 Å². The lowest BCUT2D eigenvalue weighted by atomic mass is 9.46. The van der Waals surface area contributed by atoms with Crippen LogP contribution >= 0.6 is 0 Å². The monoisotopic (exact) mass is 398 g/mol. The lowest BCUT2D eigenvalue weighted by molar-refractivity contribution is 0.00548. The SMILES string of the molecule is C=C1C2=C(CCC1(C)C(C)C(C)CCCC(C)C)C1(C)CCCC(C)(C)C1CC2. The van der Waals surface area contributed by atoms with E-state index >= 15 is 0 Å². The van der Waals surface area contributed by atoms with Gasteiger partial charge < -0.3 is 0 Å². The van der Waals surface area contributed by atoms with Gasteiger partial charge in [-0.2, -0.15) is 0 Å². The Balaban J connectivity index is 1.82. The third-order valence-electron chi connectivity index (χ3n) is 10.2. The van der Waals surface area contributed by atoms with E-state index in [9.17, 15) is 0 Å². The molecule has 3 aliphatic rings. The second-order valence-electron chi connectivity index (χ2n) is 12.8. The molecule has 0 nitrogen and oxygen atoms in total. The molecule has 0 amide bonds. The number of rotatable bonds is 6. The zero-order chi connectivity index (χ0) is 21.6. The fourth-order valence-electron chi connectivity index (χ4n) is 7.86. The Labute approximate surface area is 183 Å². The number of hydrogen-bond acceptors (Lipinski definition) is 0. The van der Waals surface area contributed by atoms with Crippen LogP contribution in [0.4, 0.5) is 0 Å². The van der Waals surface area contributed by atoms with E-state index < -0.39 is 0 Å². The Morgan fingerprint density at radius 1 is 0.931 bits per heavy atom. The van der Waals surface area contributed by atoms with Crippen molar-refractivity contribution in [2.24, 2.45) is 39.9 Å². The Morgan fingerprint density at radius 2 is 1.62 bits per heavy atom. The van der Waals surface area contributed by atoms with Crippen molar-refractivity contribution in [2.45, 2.75) is 120 Å². The third kappa shape index (κ3) is 4.04. The number of allylic oxidation sites excluding steroid dienone is 3. The first-order chi connectivity index (χ1) is 13.4. The standard InChI is InChI=1S/C29H50/c1-20(2)12-10-13-21(3)22(4)28(8)19-16-25-24(23(28)5)14-15-26-27(6,7)17-11-18-29(25,26)9/h20-22,26H,5,10-19H2,1-4,6-9H3. The van der Waals surface area contributed by atoms with E-state index in [1.807, 2.05) is 5.57 Å². The Bertz CT molecular complexity index is 647. The van der Waals surface area contributed by atoms with Crippen molar-refractivity contribution in [1.29, 1.82) is 0 Å². The molecular formula is C29H50. The Hall–Kier alpha value is -0.520. The molecule has 5 unspecified atom stereocenters. The van der Waals surface area contributed by atoms with Crippen LogP contribution in [0.5, 0.6) is 0 Å². The van der Waals surface area contributed by atoms with Crippen molar-refractivity contribution in [3.63, 3.8) is 0 Å². The van der Waals surface area contributed by atoms with E-state index in [-0.39, 0.29) is 0 Å². The van der Waals surface area contributed by atoms with Gasteiger partial charge in [0.05, 0.1) is 0 Å². The molecular weight excluding hydrogens is 348 g/mol. The van der Waals surface area contributed by atoms with Crippen LogP contribution in [-0.4, -0.2) is 0 Å². The molecule has 0 heteroatoms. The van der Waals surface area contributed by atoms with E-state index in [2.05, 4.69) is 55.4 Å². The minimum absolute atomic E-state index is 0.295. The maximum atomic E-state index is 4.81. The van der Waals surface area contributed by atoms with Crippen molar-refractivity contribution in [3.8, 4) is 0 Å². The van der Waals surface area contributed by atoms with Gasteiger partial charge in [0.25, 0.3) is 0 Å². The number of hydrogen-bond donors (Lipinski definition) is 0.